The monoisotopic (exact) mass is 411 g/mol. The molecule has 0 bridgehead atoms. The van der Waals surface area contributed by atoms with Crippen molar-refractivity contribution >= 4 is 5.91 Å². The smallest absolute Gasteiger partial charge is 0.219 e. The van der Waals surface area contributed by atoms with E-state index in [0.717, 1.165) is 43.4 Å². The van der Waals surface area contributed by atoms with Gasteiger partial charge in [-0.3, -0.25) is 4.79 Å². The summed E-state index contributed by atoms with van der Waals surface area (Å²) in [6, 6.07) is 0. The van der Waals surface area contributed by atoms with Crippen molar-refractivity contribution < 1.29 is 14.4 Å². The lowest BCUT2D eigenvalue weighted by atomic mass is 10.1. The summed E-state index contributed by atoms with van der Waals surface area (Å²) < 4.78 is 0.806. The molecule has 0 aromatic heterocycles. The molecule has 0 atom stereocenters. The van der Waals surface area contributed by atoms with Crippen LogP contribution in [0.15, 0.2) is 12.2 Å². The fourth-order valence-electron chi connectivity index (χ4n) is 3.56. The molecule has 0 aromatic carbocycles. The Labute approximate surface area is 181 Å². The maximum absolute atomic E-state index is 11.9. The molecule has 0 spiro atoms. The van der Waals surface area contributed by atoms with E-state index in [-0.39, 0.29) is 12.5 Å². The van der Waals surface area contributed by atoms with Gasteiger partial charge in [0, 0.05) is 19.4 Å². The van der Waals surface area contributed by atoms with Crippen LogP contribution >= 0.6 is 0 Å². The van der Waals surface area contributed by atoms with E-state index in [1.54, 1.807) is 0 Å². The van der Waals surface area contributed by atoms with Gasteiger partial charge in [0.1, 0.15) is 6.54 Å². The number of nitrogens with zero attached hydrogens (tertiary/aromatic N) is 1. The van der Waals surface area contributed by atoms with Gasteiger partial charge in [-0.1, -0.05) is 70.4 Å². The third kappa shape index (κ3) is 21.7. The number of aliphatic hydroxyl groups is 1. The number of hydrogen-bond donors (Lipinski definition) is 2. The molecule has 29 heavy (non-hydrogen) atoms. The second kappa shape index (κ2) is 20.4. The Kier molecular flexibility index (Phi) is 19.8. The summed E-state index contributed by atoms with van der Waals surface area (Å²) in [4.78, 5) is 11.9. The first-order chi connectivity index (χ1) is 14.0. The van der Waals surface area contributed by atoms with Crippen molar-refractivity contribution in [2.45, 2.75) is 103 Å². The summed E-state index contributed by atoms with van der Waals surface area (Å²) in [5.74, 6) is 0.190. The van der Waals surface area contributed by atoms with Crippen molar-refractivity contribution in [1.29, 1.82) is 0 Å². The standard InChI is InChI=1S/C25H50N2O2/c1-4-5-6-7-8-9-10-11-12-13-14-15-16-17-18-20-25(29)26-21-19-22-27(2,3)23-24-28/h11-12,28H,4-10,13-24H2,1-3H3/p+1. The first-order valence-electron chi connectivity index (χ1n) is 12.4. The van der Waals surface area contributed by atoms with Crippen molar-refractivity contribution in [1.82, 2.24) is 5.32 Å². The van der Waals surface area contributed by atoms with Crippen LogP contribution < -0.4 is 5.32 Å². The molecule has 4 heteroatoms. The number of unbranched alkanes of at least 4 members (excludes halogenated alkanes) is 11. The number of aliphatic hydroxyl groups excluding tert-OH is 1. The van der Waals surface area contributed by atoms with Gasteiger partial charge in [-0.05, 0) is 32.1 Å². The number of carbonyl (C=O) groups is 1. The Morgan fingerprint density at radius 1 is 0.793 bits per heavy atom. The van der Waals surface area contributed by atoms with E-state index < -0.39 is 0 Å². The summed E-state index contributed by atoms with van der Waals surface area (Å²) in [6.45, 7) is 4.98. The normalized spacial score (nSPS) is 12.0. The highest BCUT2D eigenvalue weighted by atomic mass is 16.3. The van der Waals surface area contributed by atoms with Crippen LogP contribution in [0, 0.1) is 0 Å². The number of hydrogen-bond acceptors (Lipinski definition) is 2. The van der Waals surface area contributed by atoms with Crippen molar-refractivity contribution in [2.24, 2.45) is 0 Å². The molecule has 0 aliphatic rings. The number of amides is 1. The Morgan fingerprint density at radius 2 is 1.34 bits per heavy atom. The van der Waals surface area contributed by atoms with Crippen LogP contribution in [0.2, 0.25) is 0 Å². The van der Waals surface area contributed by atoms with Crippen molar-refractivity contribution in [3.63, 3.8) is 0 Å². The van der Waals surface area contributed by atoms with Crippen LogP contribution in [0.4, 0.5) is 0 Å². The van der Waals surface area contributed by atoms with Crippen LogP contribution in [0.1, 0.15) is 103 Å². The molecule has 0 saturated carbocycles. The second-order valence-corrected chi connectivity index (χ2v) is 9.14. The molecule has 0 rings (SSSR count). The zero-order valence-electron chi connectivity index (χ0n) is 19.9. The molecule has 0 heterocycles. The van der Waals surface area contributed by atoms with Crippen molar-refractivity contribution in [3.05, 3.63) is 12.2 Å². The van der Waals surface area contributed by atoms with Crippen LogP contribution in [-0.2, 0) is 4.79 Å². The first-order valence-corrected chi connectivity index (χ1v) is 12.4. The van der Waals surface area contributed by atoms with Crippen molar-refractivity contribution in [3.8, 4) is 0 Å². The quantitative estimate of drug-likeness (QED) is 0.147. The number of rotatable bonds is 21. The highest BCUT2D eigenvalue weighted by Crippen LogP contribution is 2.10. The average Bonchev–Trinajstić information content (AvgIpc) is 2.68. The first kappa shape index (κ1) is 28.1. The molecule has 4 nitrogen and oxygen atoms in total. The number of quaternary nitrogens is 1. The van der Waals surface area contributed by atoms with E-state index in [9.17, 15) is 4.79 Å². The maximum atomic E-state index is 11.9. The second-order valence-electron chi connectivity index (χ2n) is 9.14. The Balaban J connectivity index is 3.33. The molecule has 2 N–H and O–H groups in total. The lowest BCUT2D eigenvalue weighted by Gasteiger charge is -2.28. The van der Waals surface area contributed by atoms with Crippen LogP contribution in [-0.4, -0.2) is 55.8 Å². The van der Waals surface area contributed by atoms with E-state index >= 15 is 0 Å². The highest BCUT2D eigenvalue weighted by molar-refractivity contribution is 5.75. The molecule has 0 aliphatic carbocycles. The van der Waals surface area contributed by atoms with E-state index in [0.29, 0.717) is 6.42 Å². The minimum absolute atomic E-state index is 0.190. The van der Waals surface area contributed by atoms with E-state index in [2.05, 4.69) is 38.5 Å². The predicted octanol–water partition coefficient (Wildman–Crippen LogP) is 5.60. The van der Waals surface area contributed by atoms with Gasteiger partial charge in [0.15, 0.2) is 0 Å². The maximum Gasteiger partial charge on any atom is 0.219 e. The van der Waals surface area contributed by atoms with Gasteiger partial charge in [-0.2, -0.15) is 0 Å². The SMILES string of the molecule is CCCCCCCCC=CCCCCCCCC(=O)NCCC[N+](C)(C)CCO. The van der Waals surface area contributed by atoms with Gasteiger partial charge in [-0.25, -0.2) is 0 Å². The lowest BCUT2D eigenvalue weighted by molar-refractivity contribution is -0.890. The number of allylic oxidation sites excluding steroid dienone is 2. The number of nitrogens with one attached hydrogen (secondary N) is 1. The van der Waals surface area contributed by atoms with Gasteiger partial charge in [0.25, 0.3) is 0 Å². The average molecular weight is 412 g/mol. The lowest BCUT2D eigenvalue weighted by Crippen LogP contribution is -2.43. The molecular formula is C25H51N2O2+. The summed E-state index contributed by atoms with van der Waals surface area (Å²) >= 11 is 0. The minimum Gasteiger partial charge on any atom is -0.391 e. The topological polar surface area (TPSA) is 49.3 Å². The van der Waals surface area contributed by atoms with Crippen molar-refractivity contribution in [2.75, 3.05) is 40.3 Å². The molecule has 0 radical (unpaired) electrons. The highest BCUT2D eigenvalue weighted by Gasteiger charge is 2.13. The largest absolute Gasteiger partial charge is 0.391 e. The molecule has 0 saturated heterocycles. The minimum atomic E-state index is 0.190. The molecular weight excluding hydrogens is 360 g/mol. The molecule has 0 aliphatic heterocycles. The number of carbonyl (C=O) groups excluding carboxylic acids is 1. The summed E-state index contributed by atoms with van der Waals surface area (Å²) in [7, 11) is 4.23. The summed E-state index contributed by atoms with van der Waals surface area (Å²) in [5, 5.41) is 12.0. The fourth-order valence-corrected chi connectivity index (χ4v) is 3.56. The van der Waals surface area contributed by atoms with Gasteiger partial charge in [0.05, 0.1) is 27.2 Å². The third-order valence-corrected chi connectivity index (χ3v) is 5.63. The third-order valence-electron chi connectivity index (χ3n) is 5.63. The molecule has 172 valence electrons. The van der Waals surface area contributed by atoms with Gasteiger partial charge in [0.2, 0.25) is 5.91 Å². The number of likely N-dealkylation sites (N-methyl/N-ethyl adjacent to an activating group) is 1. The predicted molar refractivity (Wildman–Crippen MR) is 126 cm³/mol. The van der Waals surface area contributed by atoms with Gasteiger partial charge in [-0.15, -0.1) is 0 Å². The molecule has 0 unspecified atom stereocenters. The molecule has 1 amide bonds. The van der Waals surface area contributed by atoms with E-state index in [4.69, 9.17) is 5.11 Å². The Hall–Kier alpha value is -0.870. The Bertz CT molecular complexity index is 394. The van der Waals surface area contributed by atoms with Gasteiger partial charge < -0.3 is 14.9 Å². The Morgan fingerprint density at radius 3 is 1.93 bits per heavy atom. The van der Waals surface area contributed by atoms with Crippen LogP contribution in [0.3, 0.4) is 0 Å². The molecule has 0 aromatic rings. The van der Waals surface area contributed by atoms with Crippen LogP contribution in [0.25, 0.3) is 0 Å². The van der Waals surface area contributed by atoms with Crippen LogP contribution in [0.5, 0.6) is 0 Å². The summed E-state index contributed by atoms with van der Waals surface area (Å²) in [5.41, 5.74) is 0. The molecule has 0 fully saturated rings. The van der Waals surface area contributed by atoms with Gasteiger partial charge >= 0.3 is 0 Å². The van der Waals surface area contributed by atoms with E-state index in [1.165, 1.54) is 70.6 Å². The summed E-state index contributed by atoms with van der Waals surface area (Å²) in [6.07, 6.45) is 23.1. The fraction of sp³-hybridized carbons (Fsp3) is 0.880. The zero-order chi connectivity index (χ0) is 21.6. The zero-order valence-corrected chi connectivity index (χ0v) is 19.9. The van der Waals surface area contributed by atoms with E-state index in [1.807, 2.05) is 0 Å².